The van der Waals surface area contributed by atoms with E-state index in [9.17, 15) is 14.4 Å². The number of nitrogens with one attached hydrogen (secondary N) is 2. The molecule has 3 unspecified atom stereocenters. The Kier molecular flexibility index (Phi) is 6.26. The highest BCUT2D eigenvalue weighted by Crippen LogP contribution is 2.42. The highest BCUT2D eigenvalue weighted by Gasteiger charge is 2.46. The second kappa shape index (κ2) is 9.43. The monoisotopic (exact) mass is 424 g/mol. The molecule has 0 spiro atoms. The Morgan fingerprint density at radius 1 is 0.656 bits per heavy atom. The van der Waals surface area contributed by atoms with Crippen LogP contribution in [0.4, 0.5) is 11.4 Å². The van der Waals surface area contributed by atoms with Crippen LogP contribution in [0.2, 0.25) is 0 Å². The third kappa shape index (κ3) is 4.52. The summed E-state index contributed by atoms with van der Waals surface area (Å²) < 4.78 is 0. The van der Waals surface area contributed by atoms with E-state index >= 15 is 0 Å². The average molecular weight is 425 g/mol. The number of hydrogen-bond acceptors (Lipinski definition) is 3. The van der Waals surface area contributed by atoms with Gasteiger partial charge in [0.15, 0.2) is 5.78 Å². The van der Waals surface area contributed by atoms with E-state index in [1.165, 1.54) is 6.08 Å². The zero-order valence-corrected chi connectivity index (χ0v) is 17.7. The standard InChI is InChI=1S/C27H24N2O3/c1-18-17-22(30)25(27(32)29-21-15-9-4-10-16-21)24(19-11-5-2-6-12-19)23(18)26(31)28-20-13-7-3-8-14-20/h2-17,23-25H,1H3,(H,28,31)(H,29,32). The van der Waals surface area contributed by atoms with E-state index in [2.05, 4.69) is 10.6 Å². The van der Waals surface area contributed by atoms with Crippen LogP contribution < -0.4 is 10.6 Å². The minimum absolute atomic E-state index is 0.246. The molecule has 0 saturated heterocycles. The number of hydrogen-bond donors (Lipinski definition) is 2. The van der Waals surface area contributed by atoms with Crippen molar-refractivity contribution in [3.8, 4) is 0 Å². The molecule has 2 N–H and O–H groups in total. The Labute approximate surface area is 187 Å². The summed E-state index contributed by atoms with van der Waals surface area (Å²) in [6.07, 6.45) is 1.43. The molecule has 0 bridgehead atoms. The third-order valence-electron chi connectivity index (χ3n) is 5.72. The Balaban J connectivity index is 1.72. The van der Waals surface area contributed by atoms with Gasteiger partial charge in [-0.25, -0.2) is 0 Å². The van der Waals surface area contributed by atoms with Crippen molar-refractivity contribution in [2.75, 3.05) is 10.6 Å². The Bertz CT molecular complexity index is 1140. The van der Waals surface area contributed by atoms with Crippen molar-refractivity contribution in [1.82, 2.24) is 0 Å². The molecule has 2 amide bonds. The van der Waals surface area contributed by atoms with E-state index in [0.29, 0.717) is 16.9 Å². The molecule has 32 heavy (non-hydrogen) atoms. The van der Waals surface area contributed by atoms with Gasteiger partial charge >= 0.3 is 0 Å². The van der Waals surface area contributed by atoms with Crippen LogP contribution in [0.3, 0.4) is 0 Å². The Hall–Kier alpha value is -3.99. The molecule has 1 aliphatic rings. The summed E-state index contributed by atoms with van der Waals surface area (Å²) in [5.74, 6) is -3.27. The minimum atomic E-state index is -1.02. The van der Waals surface area contributed by atoms with Gasteiger partial charge < -0.3 is 10.6 Å². The number of anilines is 2. The number of amides is 2. The van der Waals surface area contributed by atoms with Crippen molar-refractivity contribution in [3.63, 3.8) is 0 Å². The molecule has 1 aliphatic carbocycles. The van der Waals surface area contributed by atoms with Crippen LogP contribution in [0.1, 0.15) is 18.4 Å². The zero-order valence-electron chi connectivity index (χ0n) is 17.7. The highest BCUT2D eigenvalue weighted by molar-refractivity contribution is 6.14. The lowest BCUT2D eigenvalue weighted by atomic mass is 9.67. The van der Waals surface area contributed by atoms with Gasteiger partial charge in [-0.05, 0) is 42.8 Å². The lowest BCUT2D eigenvalue weighted by Crippen LogP contribution is -2.44. The first-order valence-electron chi connectivity index (χ1n) is 10.5. The van der Waals surface area contributed by atoms with E-state index in [4.69, 9.17) is 0 Å². The van der Waals surface area contributed by atoms with Crippen molar-refractivity contribution in [2.24, 2.45) is 11.8 Å². The number of para-hydroxylation sites is 2. The van der Waals surface area contributed by atoms with Crippen molar-refractivity contribution >= 4 is 29.0 Å². The molecule has 0 radical (unpaired) electrons. The van der Waals surface area contributed by atoms with Crippen LogP contribution in [0.25, 0.3) is 0 Å². The van der Waals surface area contributed by atoms with Crippen LogP contribution in [-0.2, 0) is 14.4 Å². The Morgan fingerprint density at radius 2 is 1.09 bits per heavy atom. The van der Waals surface area contributed by atoms with Crippen LogP contribution in [0.5, 0.6) is 0 Å². The molecular weight excluding hydrogens is 400 g/mol. The molecule has 3 aromatic carbocycles. The third-order valence-corrected chi connectivity index (χ3v) is 5.72. The molecule has 0 aliphatic heterocycles. The number of rotatable bonds is 5. The highest BCUT2D eigenvalue weighted by atomic mass is 16.2. The van der Waals surface area contributed by atoms with Crippen molar-refractivity contribution in [2.45, 2.75) is 12.8 Å². The Morgan fingerprint density at radius 3 is 1.59 bits per heavy atom. The quantitative estimate of drug-likeness (QED) is 0.577. The summed E-state index contributed by atoms with van der Waals surface area (Å²) in [5, 5.41) is 5.79. The molecular formula is C27H24N2O3. The van der Waals surface area contributed by atoms with Crippen molar-refractivity contribution in [1.29, 1.82) is 0 Å². The van der Waals surface area contributed by atoms with Gasteiger partial charge in [0.25, 0.3) is 0 Å². The summed E-state index contributed by atoms with van der Waals surface area (Å²) in [6, 6.07) is 27.5. The van der Waals surface area contributed by atoms with Crippen molar-refractivity contribution in [3.05, 3.63) is 108 Å². The van der Waals surface area contributed by atoms with Crippen LogP contribution in [0, 0.1) is 11.8 Å². The molecule has 5 nitrogen and oxygen atoms in total. The molecule has 4 rings (SSSR count). The minimum Gasteiger partial charge on any atom is -0.326 e. The second-order valence-electron chi connectivity index (χ2n) is 7.89. The topological polar surface area (TPSA) is 75.3 Å². The van der Waals surface area contributed by atoms with Gasteiger partial charge in [-0.2, -0.15) is 0 Å². The van der Waals surface area contributed by atoms with Gasteiger partial charge in [-0.15, -0.1) is 0 Å². The summed E-state index contributed by atoms with van der Waals surface area (Å²) in [7, 11) is 0. The van der Waals surface area contributed by atoms with Gasteiger partial charge in [0.1, 0.15) is 5.92 Å². The largest absolute Gasteiger partial charge is 0.326 e. The van der Waals surface area contributed by atoms with Gasteiger partial charge in [0, 0.05) is 17.3 Å². The molecule has 0 fully saturated rings. The lowest BCUT2D eigenvalue weighted by molar-refractivity contribution is -0.131. The first-order valence-corrected chi connectivity index (χ1v) is 10.5. The number of benzene rings is 3. The number of carbonyl (C=O) groups is 3. The van der Waals surface area contributed by atoms with Crippen LogP contribution >= 0.6 is 0 Å². The smallest absolute Gasteiger partial charge is 0.235 e. The van der Waals surface area contributed by atoms with E-state index in [1.54, 1.807) is 19.1 Å². The molecule has 0 aromatic heterocycles. The average Bonchev–Trinajstić information content (AvgIpc) is 2.80. The van der Waals surface area contributed by atoms with Gasteiger partial charge in [0.2, 0.25) is 11.8 Å². The number of carbonyl (C=O) groups excluding carboxylic acids is 3. The van der Waals surface area contributed by atoms with Crippen molar-refractivity contribution < 1.29 is 14.4 Å². The van der Waals surface area contributed by atoms with Crippen LogP contribution in [0.15, 0.2) is 103 Å². The number of allylic oxidation sites excluding steroid dienone is 1. The predicted octanol–water partition coefficient (Wildman–Crippen LogP) is 4.81. The zero-order chi connectivity index (χ0) is 22.5. The maximum Gasteiger partial charge on any atom is 0.235 e. The lowest BCUT2D eigenvalue weighted by Gasteiger charge is -2.35. The molecule has 0 heterocycles. The van der Waals surface area contributed by atoms with Gasteiger partial charge in [-0.3, -0.25) is 14.4 Å². The fraction of sp³-hybridized carbons (Fsp3) is 0.148. The normalized spacial score (nSPS) is 20.2. The van der Waals surface area contributed by atoms with E-state index in [-0.39, 0.29) is 11.7 Å². The van der Waals surface area contributed by atoms with E-state index in [0.717, 1.165) is 5.56 Å². The summed E-state index contributed by atoms with van der Waals surface area (Å²) in [4.78, 5) is 39.8. The predicted molar refractivity (Wildman–Crippen MR) is 125 cm³/mol. The molecule has 3 aromatic rings. The van der Waals surface area contributed by atoms with Gasteiger partial charge in [-0.1, -0.05) is 72.3 Å². The van der Waals surface area contributed by atoms with Crippen LogP contribution in [-0.4, -0.2) is 17.6 Å². The van der Waals surface area contributed by atoms with Gasteiger partial charge in [0.05, 0.1) is 5.92 Å². The number of ketones is 1. The molecule has 3 atom stereocenters. The molecule has 160 valence electrons. The fourth-order valence-electron chi connectivity index (χ4n) is 4.26. The summed E-state index contributed by atoms with van der Waals surface area (Å²) in [5.41, 5.74) is 2.68. The fourth-order valence-corrected chi connectivity index (χ4v) is 4.26. The maximum absolute atomic E-state index is 13.4. The van der Waals surface area contributed by atoms with E-state index in [1.807, 2.05) is 78.9 Å². The maximum atomic E-state index is 13.4. The molecule has 0 saturated carbocycles. The first kappa shape index (κ1) is 21.2. The van der Waals surface area contributed by atoms with E-state index < -0.39 is 23.7 Å². The summed E-state index contributed by atoms with van der Waals surface area (Å²) >= 11 is 0. The first-order chi connectivity index (χ1) is 15.5. The SMILES string of the molecule is CC1=CC(=O)C(C(=O)Nc2ccccc2)C(c2ccccc2)C1C(=O)Nc1ccccc1. The second-order valence-corrected chi connectivity index (χ2v) is 7.89. The summed E-state index contributed by atoms with van der Waals surface area (Å²) in [6.45, 7) is 1.77. The molecule has 5 heteroatoms.